The summed E-state index contributed by atoms with van der Waals surface area (Å²) >= 11 is 0. The number of urea groups is 1. The fourth-order valence-corrected chi connectivity index (χ4v) is 5.22. The number of halogens is 3. The highest BCUT2D eigenvalue weighted by Crippen LogP contribution is 2.46. The zero-order chi connectivity index (χ0) is 22.3. The van der Waals surface area contributed by atoms with Crippen molar-refractivity contribution in [2.75, 3.05) is 28.2 Å². The summed E-state index contributed by atoms with van der Waals surface area (Å²) in [6.45, 7) is 0.418. The van der Waals surface area contributed by atoms with Gasteiger partial charge in [-0.15, -0.1) is 0 Å². The molecule has 5 rings (SSSR count). The van der Waals surface area contributed by atoms with Gasteiger partial charge in [-0.05, 0) is 55.7 Å². The molecule has 1 aliphatic carbocycles. The van der Waals surface area contributed by atoms with Crippen LogP contribution >= 0.6 is 0 Å². The van der Waals surface area contributed by atoms with Crippen LogP contribution in [0.15, 0.2) is 30.6 Å². The fraction of sp³-hybridized carbons (Fsp3) is 0.545. The molecule has 2 amide bonds. The number of hydrogen-bond donors (Lipinski definition) is 1. The van der Waals surface area contributed by atoms with Crippen LogP contribution in [0, 0.1) is 5.92 Å². The van der Waals surface area contributed by atoms with Crippen molar-refractivity contribution in [3.8, 4) is 0 Å². The minimum absolute atomic E-state index is 0.00279. The zero-order valence-electron chi connectivity index (χ0n) is 17.6. The van der Waals surface area contributed by atoms with Crippen LogP contribution in [0.3, 0.4) is 0 Å². The van der Waals surface area contributed by atoms with Gasteiger partial charge >= 0.3 is 12.2 Å². The van der Waals surface area contributed by atoms with E-state index in [9.17, 15) is 18.0 Å². The Morgan fingerprint density at radius 3 is 2.69 bits per heavy atom. The Kier molecular flexibility index (Phi) is 5.38. The van der Waals surface area contributed by atoms with Gasteiger partial charge in [-0.2, -0.15) is 13.2 Å². The number of rotatable bonds is 2. The van der Waals surface area contributed by atoms with E-state index < -0.39 is 12.1 Å². The average Bonchev–Trinajstić information content (AvgIpc) is 2.79. The van der Waals surface area contributed by atoms with E-state index in [2.05, 4.69) is 15.3 Å². The molecule has 2 aliphatic heterocycles. The van der Waals surface area contributed by atoms with Crippen LogP contribution in [0.1, 0.15) is 50.0 Å². The van der Waals surface area contributed by atoms with Crippen molar-refractivity contribution >= 4 is 23.6 Å². The van der Waals surface area contributed by atoms with Gasteiger partial charge in [0, 0.05) is 31.5 Å². The van der Waals surface area contributed by atoms with Crippen LogP contribution in [0.2, 0.25) is 0 Å². The van der Waals surface area contributed by atoms with Crippen LogP contribution in [0.4, 0.5) is 35.5 Å². The fourth-order valence-electron chi connectivity index (χ4n) is 5.22. The lowest BCUT2D eigenvalue weighted by atomic mass is 9.77. The molecule has 2 aromatic heterocycles. The molecular formula is C22H25F3N6O. The molecular weight excluding hydrogens is 421 g/mol. The maximum absolute atomic E-state index is 13.3. The predicted octanol–water partition coefficient (Wildman–Crippen LogP) is 4.73. The molecule has 10 heteroatoms. The first-order chi connectivity index (χ1) is 15.4. The van der Waals surface area contributed by atoms with Crippen molar-refractivity contribution in [1.29, 1.82) is 0 Å². The Labute approximate surface area is 184 Å². The second kappa shape index (κ2) is 8.22. The number of nitrogens with zero attached hydrogens (tertiary/aromatic N) is 5. The summed E-state index contributed by atoms with van der Waals surface area (Å²) < 4.78 is 39.9. The minimum Gasteiger partial charge on any atom is -0.356 e. The smallest absolute Gasteiger partial charge is 0.356 e. The molecule has 4 heterocycles. The molecule has 1 N–H and O–H groups in total. The van der Waals surface area contributed by atoms with Gasteiger partial charge < -0.3 is 4.90 Å². The van der Waals surface area contributed by atoms with Gasteiger partial charge in [-0.25, -0.2) is 19.7 Å². The van der Waals surface area contributed by atoms with E-state index in [0.29, 0.717) is 30.5 Å². The monoisotopic (exact) mass is 446 g/mol. The lowest BCUT2D eigenvalue weighted by Gasteiger charge is -2.43. The van der Waals surface area contributed by atoms with E-state index in [1.807, 2.05) is 12.1 Å². The quantitative estimate of drug-likeness (QED) is 0.722. The number of fused-ring (bicyclic) bond motifs is 4. The van der Waals surface area contributed by atoms with Crippen LogP contribution in [-0.2, 0) is 0 Å². The molecule has 7 nitrogen and oxygen atoms in total. The topological polar surface area (TPSA) is 74.2 Å². The first-order valence-electron chi connectivity index (χ1n) is 11.1. The first-order valence-corrected chi connectivity index (χ1v) is 11.1. The van der Waals surface area contributed by atoms with Gasteiger partial charge in [-0.1, -0.05) is 12.5 Å². The third-order valence-corrected chi connectivity index (χ3v) is 6.78. The summed E-state index contributed by atoms with van der Waals surface area (Å²) in [5.41, 5.74) is 0.984. The Bertz CT molecular complexity index is 985. The van der Waals surface area contributed by atoms with E-state index >= 15 is 0 Å². The lowest BCUT2D eigenvalue weighted by molar-refractivity contribution is -0.176. The summed E-state index contributed by atoms with van der Waals surface area (Å²) in [5, 5.41) is 2.74. The molecule has 0 spiro atoms. The van der Waals surface area contributed by atoms with Gasteiger partial charge in [0.15, 0.2) is 0 Å². The number of aromatic nitrogens is 3. The van der Waals surface area contributed by atoms with Crippen molar-refractivity contribution in [3.63, 3.8) is 0 Å². The molecule has 32 heavy (non-hydrogen) atoms. The van der Waals surface area contributed by atoms with Crippen LogP contribution in [0.5, 0.6) is 0 Å². The summed E-state index contributed by atoms with van der Waals surface area (Å²) in [7, 11) is 0. The van der Waals surface area contributed by atoms with Crippen molar-refractivity contribution in [3.05, 3.63) is 36.2 Å². The molecule has 170 valence electrons. The number of piperidine rings is 1. The standard InChI is InChI=1S/C22H25F3N6O/c23-22(24,25)15-5-2-11-30(13-15)18-8-7-17-14-4-1-6-16(12-14)31(19(17)28-18)21(32)29-20-26-9-3-10-27-20/h3,7-10,14-16H,1-2,4-6,11-13H2,(H,26,27,29,32)/t14?,15?,16-/m0/s1. The van der Waals surface area contributed by atoms with Crippen molar-refractivity contribution in [1.82, 2.24) is 15.0 Å². The molecule has 3 aliphatic rings. The summed E-state index contributed by atoms with van der Waals surface area (Å²) in [5.74, 6) is 0.198. The van der Waals surface area contributed by atoms with Gasteiger partial charge in [0.25, 0.3) is 0 Å². The zero-order valence-corrected chi connectivity index (χ0v) is 17.6. The van der Waals surface area contributed by atoms with Crippen LogP contribution in [-0.4, -0.2) is 46.3 Å². The third-order valence-electron chi connectivity index (χ3n) is 6.78. The summed E-state index contributed by atoms with van der Waals surface area (Å²) in [6, 6.07) is 5.05. The number of carbonyl (C=O) groups excluding carboxylic acids is 1. The number of alkyl halides is 3. The summed E-state index contributed by atoms with van der Waals surface area (Å²) in [6.07, 6.45) is 3.25. The van der Waals surface area contributed by atoms with Crippen LogP contribution in [0.25, 0.3) is 0 Å². The number of amides is 2. The van der Waals surface area contributed by atoms with Crippen LogP contribution < -0.4 is 15.1 Å². The molecule has 0 aromatic carbocycles. The highest BCUT2D eigenvalue weighted by Gasteiger charge is 2.43. The number of pyridine rings is 1. The Morgan fingerprint density at radius 2 is 1.91 bits per heavy atom. The number of anilines is 3. The van der Waals surface area contributed by atoms with Crippen molar-refractivity contribution in [2.24, 2.45) is 5.92 Å². The van der Waals surface area contributed by atoms with E-state index in [1.54, 1.807) is 28.3 Å². The Balaban J connectivity index is 1.47. The lowest BCUT2D eigenvalue weighted by Crippen LogP contribution is -2.49. The Hall–Kier alpha value is -2.91. The van der Waals surface area contributed by atoms with Gasteiger partial charge in [0.2, 0.25) is 5.95 Å². The van der Waals surface area contributed by atoms with Crippen molar-refractivity contribution in [2.45, 2.75) is 56.7 Å². The molecule has 3 atom stereocenters. The number of nitrogens with one attached hydrogen (secondary N) is 1. The maximum Gasteiger partial charge on any atom is 0.393 e. The van der Waals surface area contributed by atoms with Gasteiger partial charge in [-0.3, -0.25) is 10.2 Å². The highest BCUT2D eigenvalue weighted by atomic mass is 19.4. The van der Waals surface area contributed by atoms with E-state index in [1.165, 1.54) is 0 Å². The van der Waals surface area contributed by atoms with E-state index in [-0.39, 0.29) is 31.0 Å². The maximum atomic E-state index is 13.3. The largest absolute Gasteiger partial charge is 0.393 e. The molecule has 0 radical (unpaired) electrons. The minimum atomic E-state index is -4.22. The normalized spacial score (nSPS) is 25.3. The van der Waals surface area contributed by atoms with Crippen molar-refractivity contribution < 1.29 is 18.0 Å². The second-order valence-corrected chi connectivity index (χ2v) is 8.80. The second-order valence-electron chi connectivity index (χ2n) is 8.80. The molecule has 2 bridgehead atoms. The van der Waals surface area contributed by atoms with Gasteiger partial charge in [0.1, 0.15) is 11.6 Å². The third kappa shape index (κ3) is 3.98. The molecule has 1 saturated heterocycles. The molecule has 2 fully saturated rings. The predicted molar refractivity (Wildman–Crippen MR) is 114 cm³/mol. The molecule has 2 aromatic rings. The molecule has 2 unspecified atom stereocenters. The average molecular weight is 446 g/mol. The highest BCUT2D eigenvalue weighted by molar-refractivity contribution is 6.01. The number of carbonyl (C=O) groups is 1. The SMILES string of the molecule is O=C(Nc1ncccn1)N1c2nc(N3CCCC(C(F)(F)F)C3)ccc2C2CCC[C@H]1C2. The van der Waals surface area contributed by atoms with Gasteiger partial charge in [0.05, 0.1) is 5.92 Å². The Morgan fingerprint density at radius 1 is 1.09 bits per heavy atom. The first kappa shape index (κ1) is 21.0. The van der Waals surface area contributed by atoms with E-state index in [4.69, 9.17) is 4.98 Å². The number of hydrogen-bond acceptors (Lipinski definition) is 5. The summed E-state index contributed by atoms with van der Waals surface area (Å²) in [4.78, 5) is 29.5. The van der Waals surface area contributed by atoms with E-state index in [0.717, 1.165) is 31.2 Å². The molecule has 1 saturated carbocycles.